The summed E-state index contributed by atoms with van der Waals surface area (Å²) in [6.07, 6.45) is -4.46. The molecule has 0 spiro atoms. The Kier molecular flexibility index (Phi) is 4.61. The molecule has 3 aromatic rings. The van der Waals surface area contributed by atoms with Crippen molar-refractivity contribution in [2.45, 2.75) is 6.18 Å². The van der Waals surface area contributed by atoms with E-state index in [1.807, 2.05) is 0 Å². The first-order valence-corrected chi connectivity index (χ1v) is 7.36. The van der Waals surface area contributed by atoms with Crippen LogP contribution in [0, 0.1) is 0 Å². The highest BCUT2D eigenvalue weighted by atomic mass is 19.4. The van der Waals surface area contributed by atoms with E-state index in [1.54, 1.807) is 24.3 Å². The number of carbonyl (C=O) groups excluding carboxylic acids is 1. The Morgan fingerprint density at radius 2 is 1.85 bits per heavy atom. The fourth-order valence-electron chi connectivity index (χ4n) is 2.14. The van der Waals surface area contributed by atoms with Crippen LogP contribution in [0.2, 0.25) is 0 Å². The fraction of sp³-hybridized carbons (Fsp3) is 0.118. The van der Waals surface area contributed by atoms with Crippen LogP contribution in [0.5, 0.6) is 5.75 Å². The smallest absolute Gasteiger partial charge is 0.416 e. The van der Waals surface area contributed by atoms with Crippen molar-refractivity contribution in [3.8, 4) is 28.6 Å². The molecule has 0 unspecified atom stereocenters. The van der Waals surface area contributed by atoms with E-state index in [4.69, 9.17) is 15.0 Å². The Morgan fingerprint density at radius 3 is 2.50 bits per heavy atom. The van der Waals surface area contributed by atoms with Crippen LogP contribution in [-0.4, -0.2) is 22.7 Å². The van der Waals surface area contributed by atoms with Crippen molar-refractivity contribution in [2.24, 2.45) is 5.73 Å². The van der Waals surface area contributed by atoms with Gasteiger partial charge >= 0.3 is 6.18 Å². The highest BCUT2D eigenvalue weighted by Gasteiger charge is 2.30. The maximum Gasteiger partial charge on any atom is 0.416 e. The number of carbonyl (C=O) groups is 1. The molecular weight excluding hydrogens is 351 g/mol. The number of amides is 1. The molecule has 1 amide bonds. The summed E-state index contributed by atoms with van der Waals surface area (Å²) in [5, 5.41) is 3.78. The maximum atomic E-state index is 12.8. The number of alkyl halides is 3. The third kappa shape index (κ3) is 4.00. The van der Waals surface area contributed by atoms with E-state index in [2.05, 4.69) is 10.1 Å². The number of aromatic nitrogens is 2. The minimum absolute atomic E-state index is 0.0276. The largest absolute Gasteiger partial charge is 0.484 e. The van der Waals surface area contributed by atoms with Gasteiger partial charge in [-0.25, -0.2) is 0 Å². The van der Waals surface area contributed by atoms with Gasteiger partial charge in [0.05, 0.1) is 5.56 Å². The van der Waals surface area contributed by atoms with Crippen LogP contribution in [-0.2, 0) is 11.0 Å². The van der Waals surface area contributed by atoms with Crippen molar-refractivity contribution in [1.82, 2.24) is 10.1 Å². The van der Waals surface area contributed by atoms with Crippen molar-refractivity contribution < 1.29 is 27.2 Å². The number of rotatable bonds is 5. The lowest BCUT2D eigenvalue weighted by Crippen LogP contribution is -2.19. The molecule has 1 aromatic heterocycles. The van der Waals surface area contributed by atoms with Crippen molar-refractivity contribution in [3.63, 3.8) is 0 Å². The monoisotopic (exact) mass is 363 g/mol. The predicted octanol–water partition coefficient (Wildman–Crippen LogP) is 3.29. The van der Waals surface area contributed by atoms with Gasteiger partial charge in [0.15, 0.2) is 6.61 Å². The summed E-state index contributed by atoms with van der Waals surface area (Å²) in [6, 6.07) is 11.0. The van der Waals surface area contributed by atoms with E-state index in [9.17, 15) is 18.0 Å². The predicted molar refractivity (Wildman–Crippen MR) is 84.9 cm³/mol. The Balaban J connectivity index is 1.81. The summed E-state index contributed by atoms with van der Waals surface area (Å²) in [5.41, 5.74) is 4.92. The molecule has 2 N–H and O–H groups in total. The molecule has 0 aliphatic rings. The van der Waals surface area contributed by atoms with Crippen LogP contribution in [0.1, 0.15) is 5.56 Å². The summed E-state index contributed by atoms with van der Waals surface area (Å²) in [5.74, 6) is 0.00568. The summed E-state index contributed by atoms with van der Waals surface area (Å²) in [6.45, 7) is -0.249. The highest BCUT2D eigenvalue weighted by molar-refractivity contribution is 5.75. The lowest BCUT2D eigenvalue weighted by Gasteiger charge is -2.06. The van der Waals surface area contributed by atoms with Crippen LogP contribution in [0.25, 0.3) is 22.8 Å². The molecule has 0 radical (unpaired) electrons. The Morgan fingerprint density at radius 1 is 1.12 bits per heavy atom. The number of halogens is 3. The minimum atomic E-state index is -4.46. The molecule has 134 valence electrons. The van der Waals surface area contributed by atoms with E-state index in [1.165, 1.54) is 12.1 Å². The maximum absolute atomic E-state index is 12.8. The van der Waals surface area contributed by atoms with Crippen LogP contribution < -0.4 is 10.5 Å². The number of ether oxygens (including phenoxy) is 1. The first-order valence-electron chi connectivity index (χ1n) is 7.36. The van der Waals surface area contributed by atoms with Gasteiger partial charge in [-0.1, -0.05) is 11.2 Å². The van der Waals surface area contributed by atoms with E-state index >= 15 is 0 Å². The van der Waals surface area contributed by atoms with Crippen LogP contribution in [0.4, 0.5) is 13.2 Å². The second kappa shape index (κ2) is 6.87. The van der Waals surface area contributed by atoms with Gasteiger partial charge in [0.25, 0.3) is 11.8 Å². The van der Waals surface area contributed by atoms with Crippen molar-refractivity contribution in [1.29, 1.82) is 0 Å². The Hall–Kier alpha value is -3.36. The first kappa shape index (κ1) is 17.5. The number of hydrogen-bond donors (Lipinski definition) is 1. The quantitative estimate of drug-likeness (QED) is 0.751. The fourth-order valence-corrected chi connectivity index (χ4v) is 2.14. The zero-order valence-electron chi connectivity index (χ0n) is 13.2. The number of nitrogens with zero attached hydrogens (tertiary/aromatic N) is 2. The molecule has 0 aliphatic heterocycles. The molecule has 3 rings (SSSR count). The van der Waals surface area contributed by atoms with E-state index in [0.717, 1.165) is 12.1 Å². The third-order valence-electron chi connectivity index (χ3n) is 3.36. The molecule has 0 fully saturated rings. The molecular formula is C17H12F3N3O3. The Bertz CT molecular complexity index is 921. The lowest BCUT2D eigenvalue weighted by atomic mass is 10.1. The molecule has 1 heterocycles. The number of hydrogen-bond acceptors (Lipinski definition) is 5. The van der Waals surface area contributed by atoms with Gasteiger partial charge in [0.1, 0.15) is 5.75 Å². The molecule has 2 aromatic carbocycles. The van der Waals surface area contributed by atoms with E-state index in [-0.39, 0.29) is 23.9 Å². The second-order valence-electron chi connectivity index (χ2n) is 5.28. The van der Waals surface area contributed by atoms with Gasteiger partial charge in [0, 0.05) is 11.1 Å². The first-order chi connectivity index (χ1) is 12.3. The minimum Gasteiger partial charge on any atom is -0.484 e. The zero-order chi connectivity index (χ0) is 18.7. The SMILES string of the molecule is NC(=O)COc1ccc(-c2noc(-c3cccc(C(F)(F)F)c3)n2)cc1. The van der Waals surface area contributed by atoms with Gasteiger partial charge in [-0.05, 0) is 42.5 Å². The highest BCUT2D eigenvalue weighted by Crippen LogP contribution is 2.32. The number of benzene rings is 2. The summed E-state index contributed by atoms with van der Waals surface area (Å²) < 4.78 is 48.6. The average Bonchev–Trinajstić information content (AvgIpc) is 3.10. The van der Waals surface area contributed by atoms with Crippen LogP contribution in [0.15, 0.2) is 53.1 Å². The second-order valence-corrected chi connectivity index (χ2v) is 5.28. The van der Waals surface area contributed by atoms with Gasteiger partial charge in [-0.2, -0.15) is 18.2 Å². The van der Waals surface area contributed by atoms with E-state index < -0.39 is 17.6 Å². The van der Waals surface area contributed by atoms with Crippen molar-refractivity contribution in [3.05, 3.63) is 54.1 Å². The van der Waals surface area contributed by atoms with Gasteiger partial charge in [-0.3, -0.25) is 4.79 Å². The molecule has 0 atom stereocenters. The van der Waals surface area contributed by atoms with Crippen LogP contribution >= 0.6 is 0 Å². The normalized spacial score (nSPS) is 11.3. The summed E-state index contributed by atoms with van der Waals surface area (Å²) >= 11 is 0. The zero-order valence-corrected chi connectivity index (χ0v) is 13.2. The molecule has 0 saturated heterocycles. The molecule has 0 aliphatic carbocycles. The van der Waals surface area contributed by atoms with Gasteiger partial charge in [0.2, 0.25) is 5.82 Å². The molecule has 0 bridgehead atoms. The van der Waals surface area contributed by atoms with Crippen molar-refractivity contribution >= 4 is 5.91 Å². The molecule has 0 saturated carbocycles. The standard InChI is InChI=1S/C17H12F3N3O3/c18-17(19,20)12-3-1-2-11(8-12)16-22-15(23-26-16)10-4-6-13(7-5-10)25-9-14(21)24/h1-8H,9H2,(H2,21,24). The summed E-state index contributed by atoms with van der Waals surface area (Å²) in [4.78, 5) is 14.8. The molecule has 9 heteroatoms. The lowest BCUT2D eigenvalue weighted by molar-refractivity contribution is -0.137. The molecule has 6 nitrogen and oxygen atoms in total. The van der Waals surface area contributed by atoms with Gasteiger partial charge < -0.3 is 15.0 Å². The van der Waals surface area contributed by atoms with Crippen molar-refractivity contribution in [2.75, 3.05) is 6.61 Å². The topological polar surface area (TPSA) is 91.2 Å². The van der Waals surface area contributed by atoms with Gasteiger partial charge in [-0.15, -0.1) is 0 Å². The third-order valence-corrected chi connectivity index (χ3v) is 3.36. The van der Waals surface area contributed by atoms with Crippen LogP contribution in [0.3, 0.4) is 0 Å². The number of nitrogens with two attached hydrogens (primary N) is 1. The summed E-state index contributed by atoms with van der Waals surface area (Å²) in [7, 11) is 0. The average molecular weight is 363 g/mol. The molecule has 26 heavy (non-hydrogen) atoms. The number of primary amides is 1. The van der Waals surface area contributed by atoms with E-state index in [0.29, 0.717) is 11.3 Å². The Labute approximate surface area is 145 Å².